The minimum absolute atomic E-state index is 0.0464. The minimum atomic E-state index is -0.996. The Morgan fingerprint density at radius 3 is 2.31 bits per heavy atom. The number of methoxy groups -OCH3 is 1. The summed E-state index contributed by atoms with van der Waals surface area (Å²) in [6.07, 6.45) is 0. The summed E-state index contributed by atoms with van der Waals surface area (Å²) >= 11 is 1.21. The van der Waals surface area contributed by atoms with Crippen molar-refractivity contribution in [3.63, 3.8) is 0 Å². The molecular formula is C21H22O4S. The Morgan fingerprint density at radius 1 is 1.12 bits per heavy atom. The Kier molecular flexibility index (Phi) is 4.67. The first-order valence-corrected chi connectivity index (χ1v) is 9.15. The van der Waals surface area contributed by atoms with E-state index in [1.165, 1.54) is 16.9 Å². The third-order valence-corrected chi connectivity index (χ3v) is 5.42. The lowest BCUT2D eigenvalue weighted by molar-refractivity contribution is 0.0700. The quantitative estimate of drug-likeness (QED) is 0.611. The van der Waals surface area contributed by atoms with E-state index in [9.17, 15) is 9.90 Å². The van der Waals surface area contributed by atoms with Crippen molar-refractivity contribution < 1.29 is 19.4 Å². The fourth-order valence-corrected chi connectivity index (χ4v) is 3.85. The number of hydrogen-bond acceptors (Lipinski definition) is 4. The standard InChI is InChI=1S/C21H22O4S/c1-12-10-17-15(11-16(12)24-5)18(19(26-17)20(22)23)25-14-8-6-13(7-9-14)21(2,3)4/h6-11H,1-5H3,(H,22,23). The van der Waals surface area contributed by atoms with Crippen molar-refractivity contribution in [2.24, 2.45) is 0 Å². The highest BCUT2D eigenvalue weighted by molar-refractivity contribution is 7.21. The van der Waals surface area contributed by atoms with Crippen molar-refractivity contribution in [2.75, 3.05) is 7.11 Å². The number of rotatable bonds is 4. The van der Waals surface area contributed by atoms with Crippen molar-refractivity contribution in [2.45, 2.75) is 33.1 Å². The number of thiophene rings is 1. The lowest BCUT2D eigenvalue weighted by Gasteiger charge is -2.19. The third kappa shape index (κ3) is 3.40. The van der Waals surface area contributed by atoms with Crippen molar-refractivity contribution in [1.82, 2.24) is 0 Å². The van der Waals surface area contributed by atoms with Gasteiger partial charge < -0.3 is 14.6 Å². The lowest BCUT2D eigenvalue weighted by atomic mass is 9.87. The van der Waals surface area contributed by atoms with Gasteiger partial charge in [0.25, 0.3) is 0 Å². The molecular weight excluding hydrogens is 348 g/mol. The number of carbonyl (C=O) groups is 1. The molecule has 0 aliphatic heterocycles. The second-order valence-corrected chi connectivity index (χ2v) is 8.31. The summed E-state index contributed by atoms with van der Waals surface area (Å²) in [5, 5.41) is 10.3. The Hall–Kier alpha value is -2.53. The van der Waals surface area contributed by atoms with Crippen LogP contribution in [-0.4, -0.2) is 18.2 Å². The van der Waals surface area contributed by atoms with Crippen molar-refractivity contribution in [3.05, 3.63) is 52.4 Å². The average Bonchev–Trinajstić information content (AvgIpc) is 2.91. The molecule has 3 rings (SSSR count). The van der Waals surface area contributed by atoms with E-state index in [0.29, 0.717) is 17.2 Å². The van der Waals surface area contributed by atoms with E-state index in [1.807, 2.05) is 43.3 Å². The zero-order chi connectivity index (χ0) is 19.1. The second kappa shape index (κ2) is 6.65. The zero-order valence-electron chi connectivity index (χ0n) is 15.5. The van der Waals surface area contributed by atoms with E-state index in [0.717, 1.165) is 15.6 Å². The predicted octanol–water partition coefficient (Wildman–Crippen LogP) is 6.01. The predicted molar refractivity (Wildman–Crippen MR) is 105 cm³/mol. The Labute approximate surface area is 157 Å². The van der Waals surface area contributed by atoms with Crippen molar-refractivity contribution in [3.8, 4) is 17.2 Å². The molecule has 0 saturated carbocycles. The van der Waals surface area contributed by atoms with E-state index in [2.05, 4.69) is 20.8 Å². The molecule has 5 heteroatoms. The summed E-state index contributed by atoms with van der Waals surface area (Å²) in [5.41, 5.74) is 2.19. The zero-order valence-corrected chi connectivity index (χ0v) is 16.4. The van der Waals surface area contributed by atoms with E-state index < -0.39 is 5.97 Å². The van der Waals surface area contributed by atoms with Crippen LogP contribution in [0, 0.1) is 6.92 Å². The summed E-state index contributed by atoms with van der Waals surface area (Å²) in [7, 11) is 1.60. The van der Waals surface area contributed by atoms with Gasteiger partial charge in [-0.1, -0.05) is 32.9 Å². The van der Waals surface area contributed by atoms with Crippen LogP contribution in [0.5, 0.6) is 17.2 Å². The number of aromatic carboxylic acids is 1. The molecule has 0 fully saturated rings. The molecule has 2 aromatic carbocycles. The first-order valence-electron chi connectivity index (χ1n) is 8.33. The average molecular weight is 370 g/mol. The number of ether oxygens (including phenoxy) is 2. The first-order chi connectivity index (χ1) is 12.2. The summed E-state index contributed by atoms with van der Waals surface area (Å²) < 4.78 is 12.3. The number of benzene rings is 2. The van der Waals surface area contributed by atoms with Crippen LogP contribution < -0.4 is 9.47 Å². The maximum absolute atomic E-state index is 11.7. The summed E-state index contributed by atoms with van der Waals surface area (Å²) in [6, 6.07) is 11.5. The van der Waals surface area contributed by atoms with Gasteiger partial charge in [0.05, 0.1) is 7.11 Å². The molecule has 0 unspecified atom stereocenters. The molecule has 3 aromatic rings. The molecule has 0 aliphatic rings. The van der Waals surface area contributed by atoms with Crippen LogP contribution in [0.4, 0.5) is 0 Å². The highest BCUT2D eigenvalue weighted by Crippen LogP contribution is 2.43. The highest BCUT2D eigenvalue weighted by atomic mass is 32.1. The first kappa shape index (κ1) is 18.3. The van der Waals surface area contributed by atoms with Crippen LogP contribution in [0.2, 0.25) is 0 Å². The van der Waals surface area contributed by atoms with Gasteiger partial charge in [0.15, 0.2) is 10.6 Å². The topological polar surface area (TPSA) is 55.8 Å². The number of hydrogen-bond donors (Lipinski definition) is 1. The van der Waals surface area contributed by atoms with Gasteiger partial charge in [-0.2, -0.15) is 0 Å². The SMILES string of the molecule is COc1cc2c(Oc3ccc(C(C)(C)C)cc3)c(C(=O)O)sc2cc1C. The fourth-order valence-electron chi connectivity index (χ4n) is 2.80. The minimum Gasteiger partial charge on any atom is -0.496 e. The molecule has 0 saturated heterocycles. The van der Waals surface area contributed by atoms with E-state index in [1.54, 1.807) is 7.11 Å². The van der Waals surface area contributed by atoms with E-state index in [4.69, 9.17) is 9.47 Å². The van der Waals surface area contributed by atoms with Gasteiger partial charge in [-0.3, -0.25) is 0 Å². The monoisotopic (exact) mass is 370 g/mol. The van der Waals surface area contributed by atoms with Crippen molar-refractivity contribution in [1.29, 1.82) is 0 Å². The van der Waals surface area contributed by atoms with Gasteiger partial charge >= 0.3 is 5.97 Å². The summed E-state index contributed by atoms with van der Waals surface area (Å²) in [4.78, 5) is 11.9. The molecule has 1 aromatic heterocycles. The lowest BCUT2D eigenvalue weighted by Crippen LogP contribution is -2.10. The molecule has 0 spiro atoms. The molecule has 0 atom stereocenters. The molecule has 1 heterocycles. The molecule has 0 radical (unpaired) electrons. The van der Waals surface area contributed by atoms with Gasteiger partial charge in [-0.15, -0.1) is 11.3 Å². The Bertz CT molecular complexity index is 962. The summed E-state index contributed by atoms with van der Waals surface area (Å²) in [5.74, 6) is 0.684. The molecule has 0 amide bonds. The van der Waals surface area contributed by atoms with Crippen LogP contribution in [0.1, 0.15) is 41.6 Å². The molecule has 0 bridgehead atoms. The van der Waals surface area contributed by atoms with Gasteiger partial charge in [0.1, 0.15) is 11.5 Å². The van der Waals surface area contributed by atoms with Crippen molar-refractivity contribution >= 4 is 27.4 Å². The van der Waals surface area contributed by atoms with Crippen LogP contribution in [-0.2, 0) is 5.41 Å². The fraction of sp³-hybridized carbons (Fsp3) is 0.286. The number of aryl methyl sites for hydroxylation is 1. The second-order valence-electron chi connectivity index (χ2n) is 7.26. The van der Waals surface area contributed by atoms with Gasteiger partial charge in [0.2, 0.25) is 0 Å². The normalized spacial score (nSPS) is 11.6. The number of fused-ring (bicyclic) bond motifs is 1. The smallest absolute Gasteiger partial charge is 0.349 e. The van der Waals surface area contributed by atoms with Gasteiger partial charge in [0, 0.05) is 10.1 Å². The van der Waals surface area contributed by atoms with Crippen LogP contribution >= 0.6 is 11.3 Å². The molecule has 1 N–H and O–H groups in total. The molecule has 4 nitrogen and oxygen atoms in total. The highest BCUT2D eigenvalue weighted by Gasteiger charge is 2.22. The van der Waals surface area contributed by atoms with E-state index in [-0.39, 0.29) is 10.3 Å². The maximum atomic E-state index is 11.7. The largest absolute Gasteiger partial charge is 0.496 e. The van der Waals surface area contributed by atoms with Gasteiger partial charge in [-0.25, -0.2) is 4.79 Å². The number of carboxylic acid groups (broad SMARTS) is 1. The van der Waals surface area contributed by atoms with Crippen LogP contribution in [0.3, 0.4) is 0 Å². The van der Waals surface area contributed by atoms with Crippen LogP contribution in [0.15, 0.2) is 36.4 Å². The Morgan fingerprint density at radius 2 is 1.77 bits per heavy atom. The molecule has 0 aliphatic carbocycles. The molecule has 136 valence electrons. The Balaban J connectivity index is 2.08. The van der Waals surface area contributed by atoms with Crippen LogP contribution in [0.25, 0.3) is 10.1 Å². The van der Waals surface area contributed by atoms with E-state index >= 15 is 0 Å². The summed E-state index contributed by atoms with van der Waals surface area (Å²) in [6.45, 7) is 8.37. The third-order valence-electron chi connectivity index (χ3n) is 4.29. The number of carboxylic acids is 1. The van der Waals surface area contributed by atoms with Gasteiger partial charge in [-0.05, 0) is 47.7 Å². The maximum Gasteiger partial charge on any atom is 0.349 e. The molecule has 26 heavy (non-hydrogen) atoms.